The van der Waals surface area contributed by atoms with E-state index in [2.05, 4.69) is 0 Å². The van der Waals surface area contributed by atoms with Crippen LogP contribution in [0, 0.1) is 0 Å². The van der Waals surface area contributed by atoms with E-state index in [1.54, 1.807) is 12.3 Å². The molecule has 0 amide bonds. The van der Waals surface area contributed by atoms with Crippen LogP contribution in [0.25, 0.3) is 0 Å². The summed E-state index contributed by atoms with van der Waals surface area (Å²) >= 11 is 0. The predicted octanol–water partition coefficient (Wildman–Crippen LogP) is 1.86. The fourth-order valence-electron chi connectivity index (χ4n) is 2.82. The minimum Gasteiger partial charge on any atom is -0.477 e. The van der Waals surface area contributed by atoms with E-state index in [0.717, 1.165) is 13.1 Å². The van der Waals surface area contributed by atoms with Gasteiger partial charge in [-0.05, 0) is 19.1 Å². The first kappa shape index (κ1) is 13.0. The van der Waals surface area contributed by atoms with Crippen molar-refractivity contribution in [3.05, 3.63) is 35.6 Å². The van der Waals surface area contributed by atoms with E-state index in [-0.39, 0.29) is 23.1 Å². The van der Waals surface area contributed by atoms with Crippen molar-refractivity contribution in [2.45, 2.75) is 25.7 Å². The van der Waals surface area contributed by atoms with Gasteiger partial charge in [0, 0.05) is 25.3 Å². The predicted molar refractivity (Wildman–Crippen MR) is 70.9 cm³/mol. The maximum Gasteiger partial charge on any atom is 0.204 e. The number of rotatable bonds is 2. The zero-order valence-corrected chi connectivity index (χ0v) is 11.4. The third-order valence-electron chi connectivity index (χ3n) is 3.85. The average molecular weight is 275 g/mol. The van der Waals surface area contributed by atoms with Crippen LogP contribution < -0.4 is 0 Å². The molecule has 2 aliphatic rings. The molecular weight excluding hydrogens is 258 g/mol. The van der Waals surface area contributed by atoms with Gasteiger partial charge in [0.1, 0.15) is 17.9 Å². The zero-order chi connectivity index (χ0) is 14.1. The van der Waals surface area contributed by atoms with Crippen LogP contribution in [0.3, 0.4) is 0 Å². The summed E-state index contributed by atoms with van der Waals surface area (Å²) < 4.78 is 10.8. The molecule has 0 spiro atoms. The molecular formula is C15H17NO4. The summed E-state index contributed by atoms with van der Waals surface area (Å²) in [7, 11) is 0. The average Bonchev–Trinajstić information content (AvgIpc) is 3.09. The molecule has 3 rings (SSSR count). The van der Waals surface area contributed by atoms with Crippen LogP contribution in [0.15, 0.2) is 34.3 Å². The SMILES string of the molecule is CCN1CCOC1=C1C(=O)CC(c2ccco2)CC1=O. The second-order valence-corrected chi connectivity index (χ2v) is 5.08. The molecule has 1 saturated carbocycles. The summed E-state index contributed by atoms with van der Waals surface area (Å²) in [6.07, 6.45) is 2.18. The first-order chi connectivity index (χ1) is 9.70. The maximum atomic E-state index is 12.3. The molecule has 1 saturated heterocycles. The molecule has 0 N–H and O–H groups in total. The first-order valence-corrected chi connectivity index (χ1v) is 6.92. The fourth-order valence-corrected chi connectivity index (χ4v) is 2.82. The normalized spacial score (nSPS) is 23.4. The molecule has 5 heteroatoms. The molecule has 20 heavy (non-hydrogen) atoms. The number of furan rings is 1. The number of carbonyl (C=O) groups excluding carboxylic acids is 2. The van der Waals surface area contributed by atoms with E-state index in [0.29, 0.717) is 31.1 Å². The quantitative estimate of drug-likeness (QED) is 0.609. The third-order valence-corrected chi connectivity index (χ3v) is 3.85. The maximum absolute atomic E-state index is 12.3. The molecule has 5 nitrogen and oxygen atoms in total. The standard InChI is InChI=1S/C15H17NO4/c1-2-16-5-7-20-15(16)14-11(17)8-10(9-12(14)18)13-4-3-6-19-13/h3-4,6,10H,2,5,7-9H2,1H3. The topological polar surface area (TPSA) is 59.8 Å². The molecule has 0 unspecified atom stereocenters. The summed E-state index contributed by atoms with van der Waals surface area (Å²) in [5.41, 5.74) is 0.243. The van der Waals surface area contributed by atoms with E-state index < -0.39 is 0 Å². The Morgan fingerprint density at radius 2 is 2.05 bits per heavy atom. The van der Waals surface area contributed by atoms with Crippen molar-refractivity contribution < 1.29 is 18.7 Å². The third kappa shape index (κ3) is 2.13. The molecule has 2 fully saturated rings. The number of likely N-dealkylation sites (N-methyl/N-ethyl adjacent to an activating group) is 1. The molecule has 0 bridgehead atoms. The number of allylic oxidation sites excluding steroid dienone is 1. The van der Waals surface area contributed by atoms with Crippen LogP contribution in [-0.2, 0) is 14.3 Å². The van der Waals surface area contributed by atoms with E-state index in [1.807, 2.05) is 17.9 Å². The number of hydrogen-bond acceptors (Lipinski definition) is 5. The Morgan fingerprint density at radius 3 is 2.65 bits per heavy atom. The van der Waals surface area contributed by atoms with Crippen molar-refractivity contribution in [1.29, 1.82) is 0 Å². The lowest BCUT2D eigenvalue weighted by molar-refractivity contribution is -0.125. The highest BCUT2D eigenvalue weighted by molar-refractivity contribution is 6.22. The summed E-state index contributed by atoms with van der Waals surface area (Å²) in [5, 5.41) is 0. The zero-order valence-electron chi connectivity index (χ0n) is 11.4. The molecule has 0 aromatic carbocycles. The Hall–Kier alpha value is -2.04. The highest BCUT2D eigenvalue weighted by Crippen LogP contribution is 2.34. The molecule has 2 heterocycles. The minimum absolute atomic E-state index is 0.141. The molecule has 1 aromatic rings. The lowest BCUT2D eigenvalue weighted by atomic mass is 9.82. The van der Waals surface area contributed by atoms with Gasteiger partial charge in [0.05, 0.1) is 12.8 Å². The van der Waals surface area contributed by atoms with Gasteiger partial charge in [-0.2, -0.15) is 0 Å². The van der Waals surface area contributed by atoms with Gasteiger partial charge in [0.25, 0.3) is 0 Å². The van der Waals surface area contributed by atoms with Gasteiger partial charge in [0.15, 0.2) is 11.6 Å². The van der Waals surface area contributed by atoms with Crippen molar-refractivity contribution in [3.8, 4) is 0 Å². The second kappa shape index (κ2) is 5.15. The second-order valence-electron chi connectivity index (χ2n) is 5.08. The van der Waals surface area contributed by atoms with E-state index in [4.69, 9.17) is 9.15 Å². The van der Waals surface area contributed by atoms with Crippen LogP contribution in [-0.4, -0.2) is 36.2 Å². The lowest BCUT2D eigenvalue weighted by Crippen LogP contribution is -2.30. The number of carbonyl (C=O) groups is 2. The van der Waals surface area contributed by atoms with Gasteiger partial charge in [-0.1, -0.05) is 0 Å². The van der Waals surface area contributed by atoms with Gasteiger partial charge in [-0.3, -0.25) is 9.59 Å². The van der Waals surface area contributed by atoms with Crippen LogP contribution in [0.5, 0.6) is 0 Å². The van der Waals surface area contributed by atoms with Crippen molar-refractivity contribution in [2.75, 3.05) is 19.7 Å². The fraction of sp³-hybridized carbons (Fsp3) is 0.467. The summed E-state index contributed by atoms with van der Waals surface area (Å²) in [5.74, 6) is 0.748. The number of Topliss-reactive ketones (excluding diaryl/α,β-unsaturated/α-hetero) is 2. The Morgan fingerprint density at radius 1 is 1.30 bits per heavy atom. The van der Waals surface area contributed by atoms with Crippen LogP contribution in [0.2, 0.25) is 0 Å². The van der Waals surface area contributed by atoms with Crippen molar-refractivity contribution in [1.82, 2.24) is 4.90 Å². The van der Waals surface area contributed by atoms with Crippen LogP contribution in [0.1, 0.15) is 31.4 Å². The minimum atomic E-state index is -0.147. The molecule has 106 valence electrons. The van der Waals surface area contributed by atoms with E-state index in [1.165, 1.54) is 0 Å². The monoisotopic (exact) mass is 275 g/mol. The van der Waals surface area contributed by atoms with Crippen LogP contribution in [0.4, 0.5) is 0 Å². The Bertz CT molecular complexity index is 538. The van der Waals surface area contributed by atoms with E-state index >= 15 is 0 Å². The molecule has 1 aliphatic carbocycles. The van der Waals surface area contributed by atoms with Crippen molar-refractivity contribution >= 4 is 11.6 Å². The number of ether oxygens (including phenoxy) is 1. The van der Waals surface area contributed by atoms with Crippen molar-refractivity contribution in [2.24, 2.45) is 0 Å². The number of hydrogen-bond donors (Lipinski definition) is 0. The summed E-state index contributed by atoms with van der Waals surface area (Å²) in [6.45, 7) is 3.99. The highest BCUT2D eigenvalue weighted by atomic mass is 16.5. The number of ketones is 2. The van der Waals surface area contributed by atoms with Crippen LogP contribution >= 0.6 is 0 Å². The highest BCUT2D eigenvalue weighted by Gasteiger charge is 2.37. The van der Waals surface area contributed by atoms with Crippen molar-refractivity contribution in [3.63, 3.8) is 0 Å². The van der Waals surface area contributed by atoms with Gasteiger partial charge in [-0.15, -0.1) is 0 Å². The summed E-state index contributed by atoms with van der Waals surface area (Å²) in [4.78, 5) is 26.6. The molecule has 1 aromatic heterocycles. The Kier molecular flexibility index (Phi) is 3.34. The Labute approximate surface area is 117 Å². The summed E-state index contributed by atoms with van der Waals surface area (Å²) in [6, 6.07) is 3.59. The first-order valence-electron chi connectivity index (χ1n) is 6.92. The Balaban J connectivity index is 1.88. The lowest BCUT2D eigenvalue weighted by Gasteiger charge is -2.23. The number of nitrogens with zero attached hydrogens (tertiary/aromatic N) is 1. The van der Waals surface area contributed by atoms with Gasteiger partial charge in [-0.25, -0.2) is 0 Å². The largest absolute Gasteiger partial charge is 0.477 e. The van der Waals surface area contributed by atoms with Gasteiger partial charge < -0.3 is 14.1 Å². The van der Waals surface area contributed by atoms with Gasteiger partial charge in [0.2, 0.25) is 5.88 Å². The van der Waals surface area contributed by atoms with Gasteiger partial charge >= 0.3 is 0 Å². The smallest absolute Gasteiger partial charge is 0.204 e. The molecule has 0 atom stereocenters. The molecule has 1 aliphatic heterocycles. The van der Waals surface area contributed by atoms with E-state index in [9.17, 15) is 9.59 Å². The molecule has 0 radical (unpaired) electrons.